The van der Waals surface area contributed by atoms with E-state index in [1.807, 2.05) is 0 Å². The zero-order valence-electron chi connectivity index (χ0n) is 10.9. The van der Waals surface area contributed by atoms with Gasteiger partial charge in [0.05, 0.1) is 0 Å². The lowest BCUT2D eigenvalue weighted by atomic mass is 10.2. The lowest BCUT2D eigenvalue weighted by molar-refractivity contribution is -0.122. The van der Waals surface area contributed by atoms with Crippen molar-refractivity contribution in [1.82, 2.24) is 4.90 Å². The highest BCUT2D eigenvalue weighted by molar-refractivity contribution is 6.35. The molecule has 5 heteroatoms. The minimum Gasteiger partial charge on any atom is -0.295 e. The Labute approximate surface area is 127 Å². The summed E-state index contributed by atoms with van der Waals surface area (Å²) >= 11 is 12.0. The van der Waals surface area contributed by atoms with E-state index < -0.39 is 0 Å². The van der Waals surface area contributed by atoms with Crippen LogP contribution in [0.2, 0.25) is 10.0 Å². The third-order valence-corrected chi connectivity index (χ3v) is 4.12. The summed E-state index contributed by atoms with van der Waals surface area (Å²) in [5.41, 5.74) is 1.23. The van der Waals surface area contributed by atoms with Gasteiger partial charge in [-0.25, -0.2) is 4.99 Å². The molecule has 0 atom stereocenters. The Morgan fingerprint density at radius 2 is 2.05 bits per heavy atom. The first-order valence-corrected chi connectivity index (χ1v) is 7.47. The first kappa shape index (κ1) is 13.7. The summed E-state index contributed by atoms with van der Waals surface area (Å²) in [6.45, 7) is 0.767. The van der Waals surface area contributed by atoms with Crippen molar-refractivity contribution in [2.45, 2.75) is 25.7 Å². The Kier molecular flexibility index (Phi) is 3.81. The van der Waals surface area contributed by atoms with Gasteiger partial charge in [-0.1, -0.05) is 35.7 Å². The number of carbonyl (C=O) groups is 1. The topological polar surface area (TPSA) is 32.7 Å². The van der Waals surface area contributed by atoms with Gasteiger partial charge in [0.2, 0.25) is 0 Å². The first-order chi connectivity index (χ1) is 9.65. The van der Waals surface area contributed by atoms with E-state index >= 15 is 0 Å². The van der Waals surface area contributed by atoms with Gasteiger partial charge in [-0.15, -0.1) is 0 Å². The lowest BCUT2D eigenvalue weighted by Crippen LogP contribution is -2.31. The monoisotopic (exact) mass is 308 g/mol. The van der Waals surface area contributed by atoms with E-state index in [9.17, 15) is 4.79 Å². The lowest BCUT2D eigenvalue weighted by Gasteiger charge is -2.14. The molecule has 104 valence electrons. The fraction of sp³-hybridized carbons (Fsp3) is 0.333. The number of amides is 1. The molecule has 0 aliphatic carbocycles. The van der Waals surface area contributed by atoms with Crippen LogP contribution in [0.15, 0.2) is 28.9 Å². The number of aliphatic imine (C=N–C) groups is 1. The van der Waals surface area contributed by atoms with Gasteiger partial charge in [-0.2, -0.15) is 0 Å². The molecule has 0 spiro atoms. The van der Waals surface area contributed by atoms with Crippen LogP contribution in [0, 0.1) is 0 Å². The first-order valence-electron chi connectivity index (χ1n) is 6.71. The molecule has 0 bridgehead atoms. The molecule has 1 fully saturated rings. The fourth-order valence-corrected chi connectivity index (χ4v) is 2.98. The largest absolute Gasteiger partial charge is 0.295 e. The third-order valence-electron chi connectivity index (χ3n) is 3.56. The second-order valence-corrected chi connectivity index (χ2v) is 5.83. The standard InChI is InChI=1S/C15H14Cl2N2O/c16-11-6-5-10(12(17)9-11)8-13-15(20)19-7-3-1-2-4-14(19)18-13/h5-6,8-9H,1-4,7H2/b13-8+. The van der Waals surface area contributed by atoms with Gasteiger partial charge in [-0.3, -0.25) is 9.69 Å². The Hall–Kier alpha value is -1.32. The molecule has 2 aliphatic rings. The Morgan fingerprint density at radius 3 is 2.85 bits per heavy atom. The summed E-state index contributed by atoms with van der Waals surface area (Å²) in [7, 11) is 0. The molecule has 3 rings (SSSR count). The molecular weight excluding hydrogens is 295 g/mol. The third kappa shape index (κ3) is 2.60. The van der Waals surface area contributed by atoms with E-state index in [4.69, 9.17) is 23.2 Å². The van der Waals surface area contributed by atoms with Gasteiger partial charge >= 0.3 is 0 Å². The predicted molar refractivity (Wildman–Crippen MR) is 82.1 cm³/mol. The predicted octanol–water partition coefficient (Wildman–Crippen LogP) is 4.15. The number of carbonyl (C=O) groups excluding carboxylic acids is 1. The zero-order chi connectivity index (χ0) is 14.1. The van der Waals surface area contributed by atoms with Gasteiger partial charge < -0.3 is 0 Å². The maximum absolute atomic E-state index is 12.3. The van der Waals surface area contributed by atoms with Gasteiger partial charge in [0.15, 0.2) is 0 Å². The van der Waals surface area contributed by atoms with Crippen LogP contribution in [0.4, 0.5) is 0 Å². The summed E-state index contributed by atoms with van der Waals surface area (Å²) in [5, 5.41) is 1.11. The number of rotatable bonds is 1. The number of hydrogen-bond acceptors (Lipinski definition) is 2. The van der Waals surface area contributed by atoms with Crippen molar-refractivity contribution in [3.05, 3.63) is 39.5 Å². The quantitative estimate of drug-likeness (QED) is 0.717. The van der Waals surface area contributed by atoms with Crippen molar-refractivity contribution >= 4 is 41.0 Å². The van der Waals surface area contributed by atoms with Crippen LogP contribution in [0.1, 0.15) is 31.2 Å². The van der Waals surface area contributed by atoms with Crippen molar-refractivity contribution in [2.24, 2.45) is 4.99 Å². The number of benzene rings is 1. The minimum absolute atomic E-state index is 0.0204. The van der Waals surface area contributed by atoms with Crippen molar-refractivity contribution in [1.29, 1.82) is 0 Å². The molecule has 0 saturated carbocycles. The fourth-order valence-electron chi connectivity index (χ4n) is 2.51. The van der Waals surface area contributed by atoms with E-state index in [1.54, 1.807) is 29.2 Å². The Bertz CT molecular complexity index is 622. The zero-order valence-corrected chi connectivity index (χ0v) is 12.4. The van der Waals surface area contributed by atoms with E-state index in [0.29, 0.717) is 15.7 Å². The smallest absolute Gasteiger partial charge is 0.277 e. The molecule has 1 aromatic rings. The minimum atomic E-state index is -0.0204. The molecule has 20 heavy (non-hydrogen) atoms. The molecule has 1 amide bonds. The summed E-state index contributed by atoms with van der Waals surface area (Å²) in [4.78, 5) is 18.6. The van der Waals surface area contributed by atoms with Gasteiger partial charge in [0, 0.05) is 23.0 Å². The number of amidine groups is 1. The second-order valence-electron chi connectivity index (χ2n) is 4.99. The molecule has 0 unspecified atom stereocenters. The Balaban J connectivity index is 1.94. The molecule has 2 aliphatic heterocycles. The number of fused-ring (bicyclic) bond motifs is 1. The van der Waals surface area contributed by atoms with Crippen LogP contribution < -0.4 is 0 Å². The van der Waals surface area contributed by atoms with E-state index in [-0.39, 0.29) is 5.91 Å². The van der Waals surface area contributed by atoms with Crippen LogP contribution in [0.25, 0.3) is 6.08 Å². The second kappa shape index (κ2) is 5.58. The van der Waals surface area contributed by atoms with E-state index in [2.05, 4.69) is 4.99 Å². The molecule has 1 aromatic carbocycles. The molecular formula is C15H14Cl2N2O. The number of hydrogen-bond donors (Lipinski definition) is 0. The van der Waals surface area contributed by atoms with Gasteiger partial charge in [-0.05, 0) is 36.6 Å². The number of nitrogens with zero attached hydrogens (tertiary/aromatic N) is 2. The molecule has 0 radical (unpaired) electrons. The molecule has 0 aromatic heterocycles. The molecule has 1 saturated heterocycles. The van der Waals surface area contributed by atoms with Gasteiger partial charge in [0.1, 0.15) is 11.5 Å². The van der Waals surface area contributed by atoms with Crippen LogP contribution in [0.5, 0.6) is 0 Å². The van der Waals surface area contributed by atoms with Crippen molar-refractivity contribution in [3.63, 3.8) is 0 Å². The molecule has 0 N–H and O–H groups in total. The molecule has 3 nitrogen and oxygen atoms in total. The van der Waals surface area contributed by atoms with Crippen molar-refractivity contribution in [2.75, 3.05) is 6.54 Å². The SMILES string of the molecule is O=C1/C(=C\c2ccc(Cl)cc2Cl)N=C2CCCCCN12. The highest BCUT2D eigenvalue weighted by atomic mass is 35.5. The van der Waals surface area contributed by atoms with E-state index in [1.165, 1.54) is 0 Å². The van der Waals surface area contributed by atoms with E-state index in [0.717, 1.165) is 43.6 Å². The summed E-state index contributed by atoms with van der Waals surface area (Å²) in [6.07, 6.45) is 5.90. The molecule has 2 heterocycles. The maximum Gasteiger partial charge on any atom is 0.277 e. The average molecular weight is 309 g/mol. The summed E-state index contributed by atoms with van der Waals surface area (Å²) < 4.78 is 0. The highest BCUT2D eigenvalue weighted by Gasteiger charge is 2.30. The van der Waals surface area contributed by atoms with Crippen LogP contribution in [-0.4, -0.2) is 23.2 Å². The van der Waals surface area contributed by atoms with Crippen LogP contribution >= 0.6 is 23.2 Å². The summed E-state index contributed by atoms with van der Waals surface area (Å²) in [5.74, 6) is 0.872. The summed E-state index contributed by atoms with van der Waals surface area (Å²) in [6, 6.07) is 5.22. The van der Waals surface area contributed by atoms with Crippen LogP contribution in [-0.2, 0) is 4.79 Å². The highest BCUT2D eigenvalue weighted by Crippen LogP contribution is 2.27. The van der Waals surface area contributed by atoms with Crippen LogP contribution in [0.3, 0.4) is 0 Å². The van der Waals surface area contributed by atoms with Crippen molar-refractivity contribution < 1.29 is 4.79 Å². The van der Waals surface area contributed by atoms with Gasteiger partial charge in [0.25, 0.3) is 5.91 Å². The maximum atomic E-state index is 12.3. The Morgan fingerprint density at radius 1 is 1.20 bits per heavy atom. The number of halogens is 2. The van der Waals surface area contributed by atoms with Crippen molar-refractivity contribution in [3.8, 4) is 0 Å². The normalized spacial score (nSPS) is 20.9. The average Bonchev–Trinajstić information content (AvgIpc) is 2.61.